The molecule has 19 heavy (non-hydrogen) atoms. The van der Waals surface area contributed by atoms with Crippen molar-refractivity contribution >= 4 is 11.6 Å². The predicted octanol–water partition coefficient (Wildman–Crippen LogP) is 3.86. The van der Waals surface area contributed by atoms with E-state index in [1.807, 2.05) is 43.4 Å². The molecule has 0 aliphatic heterocycles. The van der Waals surface area contributed by atoms with E-state index in [0.717, 1.165) is 11.3 Å². The molecule has 4 heteroatoms. The Morgan fingerprint density at radius 1 is 1.05 bits per heavy atom. The minimum Gasteiger partial charge on any atom is -0.493 e. The molecule has 0 saturated carbocycles. The van der Waals surface area contributed by atoms with E-state index in [0.29, 0.717) is 23.1 Å². The normalized spacial score (nSPS) is 10.3. The molecular weight excluding hydrogens is 262 g/mol. The third kappa shape index (κ3) is 3.40. The first-order valence-corrected chi connectivity index (χ1v) is 6.36. The van der Waals surface area contributed by atoms with Crippen molar-refractivity contribution < 1.29 is 9.47 Å². The van der Waals surface area contributed by atoms with Crippen molar-refractivity contribution in [3.8, 4) is 17.2 Å². The average molecular weight is 278 g/mol. The fourth-order valence-corrected chi connectivity index (χ4v) is 1.94. The largest absolute Gasteiger partial charge is 0.493 e. The summed E-state index contributed by atoms with van der Waals surface area (Å²) in [5.74, 6) is 2.09. The number of hydrogen-bond donors (Lipinski definition) is 1. The van der Waals surface area contributed by atoms with Gasteiger partial charge >= 0.3 is 0 Å². The summed E-state index contributed by atoms with van der Waals surface area (Å²) in [6.07, 6.45) is 0. The van der Waals surface area contributed by atoms with Gasteiger partial charge in [-0.15, -0.1) is 0 Å². The van der Waals surface area contributed by atoms with Crippen molar-refractivity contribution in [3.05, 3.63) is 53.1 Å². The molecule has 0 amide bonds. The van der Waals surface area contributed by atoms with Crippen LogP contribution in [0.3, 0.4) is 0 Å². The zero-order valence-corrected chi connectivity index (χ0v) is 11.7. The molecule has 0 aliphatic carbocycles. The molecule has 0 heterocycles. The Morgan fingerprint density at radius 3 is 2.47 bits per heavy atom. The summed E-state index contributed by atoms with van der Waals surface area (Å²) >= 11 is 6.03. The van der Waals surface area contributed by atoms with Crippen LogP contribution >= 0.6 is 11.6 Å². The van der Waals surface area contributed by atoms with Crippen LogP contribution in [0.15, 0.2) is 42.5 Å². The molecule has 0 aromatic heterocycles. The molecule has 1 N–H and O–H groups in total. The topological polar surface area (TPSA) is 30.5 Å². The Kier molecular flexibility index (Phi) is 4.66. The number of para-hydroxylation sites is 2. The minimum atomic E-state index is 0.643. The van der Waals surface area contributed by atoms with Gasteiger partial charge < -0.3 is 14.8 Å². The first-order valence-electron chi connectivity index (χ1n) is 5.98. The van der Waals surface area contributed by atoms with Gasteiger partial charge in [0.15, 0.2) is 11.5 Å². The Hall–Kier alpha value is -1.71. The van der Waals surface area contributed by atoms with E-state index in [9.17, 15) is 0 Å². The maximum Gasteiger partial charge on any atom is 0.169 e. The van der Waals surface area contributed by atoms with Crippen LogP contribution in [-0.4, -0.2) is 14.2 Å². The van der Waals surface area contributed by atoms with E-state index in [1.54, 1.807) is 13.2 Å². The molecule has 0 spiro atoms. The van der Waals surface area contributed by atoms with Gasteiger partial charge in [0.05, 0.1) is 7.11 Å². The Balaban J connectivity index is 2.34. The molecule has 0 atom stereocenters. The molecule has 2 aromatic carbocycles. The Bertz CT molecular complexity index is 558. The van der Waals surface area contributed by atoms with Gasteiger partial charge in [0.1, 0.15) is 5.75 Å². The highest BCUT2D eigenvalue weighted by Gasteiger charge is 2.09. The third-order valence-electron chi connectivity index (χ3n) is 2.69. The van der Waals surface area contributed by atoms with Crippen molar-refractivity contribution in [1.82, 2.24) is 5.32 Å². The fraction of sp³-hybridized carbons (Fsp3) is 0.200. The summed E-state index contributed by atoms with van der Waals surface area (Å²) in [6, 6.07) is 13.1. The summed E-state index contributed by atoms with van der Waals surface area (Å²) in [5, 5.41) is 3.75. The smallest absolute Gasteiger partial charge is 0.169 e. The van der Waals surface area contributed by atoms with E-state index in [4.69, 9.17) is 21.1 Å². The van der Waals surface area contributed by atoms with Crippen LogP contribution < -0.4 is 14.8 Å². The van der Waals surface area contributed by atoms with Gasteiger partial charge in [0.2, 0.25) is 0 Å². The molecule has 0 fully saturated rings. The number of nitrogens with one attached hydrogen (secondary N) is 1. The highest BCUT2D eigenvalue weighted by Crippen LogP contribution is 2.34. The summed E-state index contributed by atoms with van der Waals surface area (Å²) in [5.41, 5.74) is 1.04. The SMILES string of the molecule is CNCc1ccc(Cl)cc1Oc1ccccc1OC. The lowest BCUT2D eigenvalue weighted by Crippen LogP contribution is -2.06. The van der Waals surface area contributed by atoms with Gasteiger partial charge in [-0.3, -0.25) is 0 Å². The number of rotatable bonds is 5. The Morgan fingerprint density at radius 2 is 1.79 bits per heavy atom. The molecule has 3 nitrogen and oxygen atoms in total. The lowest BCUT2D eigenvalue weighted by Gasteiger charge is -2.13. The lowest BCUT2D eigenvalue weighted by molar-refractivity contribution is 0.377. The molecule has 2 aromatic rings. The van der Waals surface area contributed by atoms with Crippen molar-refractivity contribution in [2.75, 3.05) is 14.2 Å². The first kappa shape index (κ1) is 13.7. The highest BCUT2D eigenvalue weighted by atomic mass is 35.5. The van der Waals surface area contributed by atoms with Crippen LogP contribution in [0.4, 0.5) is 0 Å². The van der Waals surface area contributed by atoms with Crippen LogP contribution in [0, 0.1) is 0 Å². The van der Waals surface area contributed by atoms with E-state index in [2.05, 4.69) is 5.32 Å². The fourth-order valence-electron chi connectivity index (χ4n) is 1.78. The maximum atomic E-state index is 6.03. The van der Waals surface area contributed by atoms with Gasteiger partial charge in [-0.1, -0.05) is 29.8 Å². The first-order chi connectivity index (χ1) is 9.24. The van der Waals surface area contributed by atoms with E-state index in [-0.39, 0.29) is 0 Å². The summed E-state index contributed by atoms with van der Waals surface area (Å²) in [6.45, 7) is 0.710. The molecule has 100 valence electrons. The second kappa shape index (κ2) is 6.45. The summed E-state index contributed by atoms with van der Waals surface area (Å²) in [4.78, 5) is 0. The predicted molar refractivity (Wildman–Crippen MR) is 77.3 cm³/mol. The van der Waals surface area contributed by atoms with Gasteiger partial charge in [0.25, 0.3) is 0 Å². The second-order valence-electron chi connectivity index (χ2n) is 4.04. The molecule has 0 bridgehead atoms. The molecule has 0 aliphatic rings. The molecule has 2 rings (SSSR count). The second-order valence-corrected chi connectivity index (χ2v) is 4.47. The Labute approximate surface area is 118 Å². The van der Waals surface area contributed by atoms with Gasteiger partial charge in [0, 0.05) is 17.1 Å². The summed E-state index contributed by atoms with van der Waals surface area (Å²) in [7, 11) is 3.51. The number of benzene rings is 2. The number of methoxy groups -OCH3 is 1. The van der Waals surface area contributed by atoms with Crippen LogP contribution in [0.25, 0.3) is 0 Å². The van der Waals surface area contributed by atoms with Gasteiger partial charge in [-0.05, 0) is 31.3 Å². The van der Waals surface area contributed by atoms with Crippen molar-refractivity contribution in [3.63, 3.8) is 0 Å². The molecule has 0 unspecified atom stereocenters. The van der Waals surface area contributed by atoms with Crippen molar-refractivity contribution in [2.45, 2.75) is 6.54 Å². The third-order valence-corrected chi connectivity index (χ3v) is 2.92. The van der Waals surface area contributed by atoms with E-state index >= 15 is 0 Å². The van der Waals surface area contributed by atoms with Crippen molar-refractivity contribution in [2.24, 2.45) is 0 Å². The van der Waals surface area contributed by atoms with E-state index < -0.39 is 0 Å². The van der Waals surface area contributed by atoms with Crippen LogP contribution in [0.2, 0.25) is 5.02 Å². The zero-order chi connectivity index (χ0) is 13.7. The number of halogens is 1. The summed E-state index contributed by atoms with van der Waals surface area (Å²) < 4.78 is 11.2. The lowest BCUT2D eigenvalue weighted by atomic mass is 10.2. The standard InChI is InChI=1S/C15H16ClNO2/c1-17-10-11-7-8-12(16)9-15(11)19-14-6-4-3-5-13(14)18-2/h3-9,17H,10H2,1-2H3. The van der Waals surface area contributed by atoms with E-state index in [1.165, 1.54) is 0 Å². The van der Waals surface area contributed by atoms with Crippen LogP contribution in [-0.2, 0) is 6.54 Å². The number of hydrogen-bond acceptors (Lipinski definition) is 3. The molecule has 0 radical (unpaired) electrons. The van der Waals surface area contributed by atoms with Crippen LogP contribution in [0.1, 0.15) is 5.56 Å². The quantitative estimate of drug-likeness (QED) is 0.900. The van der Waals surface area contributed by atoms with Gasteiger partial charge in [-0.2, -0.15) is 0 Å². The minimum absolute atomic E-state index is 0.643. The zero-order valence-electron chi connectivity index (χ0n) is 10.9. The molecular formula is C15H16ClNO2. The maximum absolute atomic E-state index is 6.03. The average Bonchev–Trinajstić information content (AvgIpc) is 2.42. The number of ether oxygens (including phenoxy) is 2. The van der Waals surface area contributed by atoms with Crippen molar-refractivity contribution in [1.29, 1.82) is 0 Å². The highest BCUT2D eigenvalue weighted by molar-refractivity contribution is 6.30. The van der Waals surface area contributed by atoms with Crippen LogP contribution in [0.5, 0.6) is 17.2 Å². The monoisotopic (exact) mass is 277 g/mol. The van der Waals surface area contributed by atoms with Gasteiger partial charge in [-0.25, -0.2) is 0 Å². The molecule has 0 saturated heterocycles.